The van der Waals surface area contributed by atoms with Gasteiger partial charge in [-0.3, -0.25) is 10.1 Å². The van der Waals surface area contributed by atoms with Crippen molar-refractivity contribution in [1.29, 1.82) is 0 Å². The number of nitrogens with one attached hydrogen (secondary N) is 1. The molecule has 2 rings (SSSR count). The van der Waals surface area contributed by atoms with Crippen LogP contribution in [0.25, 0.3) is 0 Å². The zero-order valence-electron chi connectivity index (χ0n) is 13.7. The number of esters is 1. The van der Waals surface area contributed by atoms with Crippen LogP contribution in [-0.2, 0) is 4.74 Å². The Morgan fingerprint density at radius 2 is 2.04 bits per heavy atom. The average molecular weight is 365 g/mol. The van der Waals surface area contributed by atoms with Crippen molar-refractivity contribution in [3.8, 4) is 5.75 Å². The molecule has 0 aliphatic carbocycles. The molecule has 2 aromatic rings. The van der Waals surface area contributed by atoms with Crippen LogP contribution >= 0.6 is 11.6 Å². The van der Waals surface area contributed by atoms with E-state index in [0.717, 1.165) is 0 Å². The van der Waals surface area contributed by atoms with Crippen LogP contribution in [0.3, 0.4) is 0 Å². The van der Waals surface area contributed by atoms with E-state index in [1.165, 1.54) is 18.2 Å². The lowest BCUT2D eigenvalue weighted by atomic mass is 10.1. The zero-order chi connectivity index (χ0) is 18.4. The number of non-ortho nitro benzene ring substituents is 1. The summed E-state index contributed by atoms with van der Waals surface area (Å²) in [7, 11) is 1.55. The summed E-state index contributed by atoms with van der Waals surface area (Å²) in [5, 5.41) is 14.5. The fourth-order valence-corrected chi connectivity index (χ4v) is 2.37. The molecule has 0 radical (unpaired) electrons. The maximum absolute atomic E-state index is 12.5. The molecule has 0 fully saturated rings. The van der Waals surface area contributed by atoms with Gasteiger partial charge in [0.1, 0.15) is 5.75 Å². The summed E-state index contributed by atoms with van der Waals surface area (Å²) in [5.74, 6) is -0.363. The van der Waals surface area contributed by atoms with Gasteiger partial charge in [-0.25, -0.2) is 4.79 Å². The topological polar surface area (TPSA) is 90.7 Å². The van der Waals surface area contributed by atoms with E-state index in [2.05, 4.69) is 5.32 Å². The molecule has 25 heavy (non-hydrogen) atoms. The number of aryl methyl sites for hydroxylation is 1. The number of rotatable bonds is 7. The molecule has 0 atom stereocenters. The van der Waals surface area contributed by atoms with Crippen LogP contribution in [0.2, 0.25) is 5.02 Å². The van der Waals surface area contributed by atoms with E-state index >= 15 is 0 Å². The SMILES string of the molecule is COCCNc1ccc([N+](=O)[O-])cc1C(=O)Oc1ccc(Cl)cc1C. The van der Waals surface area contributed by atoms with Crippen molar-refractivity contribution in [1.82, 2.24) is 0 Å². The van der Waals surface area contributed by atoms with Crippen LogP contribution in [-0.4, -0.2) is 31.2 Å². The molecule has 0 aromatic heterocycles. The Bertz CT molecular complexity index is 795. The van der Waals surface area contributed by atoms with Crippen LogP contribution in [0.1, 0.15) is 15.9 Å². The monoisotopic (exact) mass is 364 g/mol. The standard InChI is InChI=1S/C17H17ClN2O5/c1-11-9-12(18)3-6-16(11)25-17(21)14-10-13(20(22)23)4-5-15(14)19-7-8-24-2/h3-6,9-10,19H,7-8H2,1-2H3. The maximum Gasteiger partial charge on any atom is 0.345 e. The third kappa shape index (κ3) is 4.91. The first kappa shape index (κ1) is 18.7. The van der Waals surface area contributed by atoms with E-state index in [-0.39, 0.29) is 11.3 Å². The minimum Gasteiger partial charge on any atom is -0.423 e. The maximum atomic E-state index is 12.5. The number of nitrogens with zero attached hydrogens (tertiary/aromatic N) is 1. The first-order chi connectivity index (χ1) is 11.9. The van der Waals surface area contributed by atoms with E-state index in [4.69, 9.17) is 21.1 Å². The zero-order valence-corrected chi connectivity index (χ0v) is 14.5. The minimum atomic E-state index is -0.700. The van der Waals surface area contributed by atoms with E-state index in [1.54, 1.807) is 32.2 Å². The third-order valence-electron chi connectivity index (χ3n) is 3.40. The Hall–Kier alpha value is -2.64. The number of methoxy groups -OCH3 is 1. The van der Waals surface area contributed by atoms with E-state index in [1.807, 2.05) is 0 Å². The first-order valence-corrected chi connectivity index (χ1v) is 7.79. The summed E-state index contributed by atoms with van der Waals surface area (Å²) in [5.41, 5.74) is 0.983. The summed E-state index contributed by atoms with van der Waals surface area (Å²) in [4.78, 5) is 23.0. The second kappa shape index (κ2) is 8.46. The third-order valence-corrected chi connectivity index (χ3v) is 3.63. The molecule has 0 spiro atoms. The van der Waals surface area contributed by atoms with Crippen molar-refractivity contribution in [2.45, 2.75) is 6.92 Å². The summed E-state index contributed by atoms with van der Waals surface area (Å²) in [6.07, 6.45) is 0. The number of ether oxygens (including phenoxy) is 2. The number of benzene rings is 2. The molecule has 7 nitrogen and oxygen atoms in total. The molecule has 0 unspecified atom stereocenters. The lowest BCUT2D eigenvalue weighted by molar-refractivity contribution is -0.384. The van der Waals surface area contributed by atoms with Crippen LogP contribution < -0.4 is 10.1 Å². The van der Waals surface area contributed by atoms with E-state index in [0.29, 0.717) is 35.2 Å². The van der Waals surface area contributed by atoms with Crippen molar-refractivity contribution >= 4 is 28.9 Å². The Morgan fingerprint density at radius 1 is 1.28 bits per heavy atom. The molecular formula is C17H17ClN2O5. The van der Waals surface area contributed by atoms with Crippen LogP contribution in [0.4, 0.5) is 11.4 Å². The number of nitro benzene ring substituents is 1. The van der Waals surface area contributed by atoms with Crippen LogP contribution in [0, 0.1) is 17.0 Å². The van der Waals surface area contributed by atoms with Crippen molar-refractivity contribution in [3.63, 3.8) is 0 Å². The number of nitro groups is 1. The van der Waals surface area contributed by atoms with Gasteiger partial charge < -0.3 is 14.8 Å². The van der Waals surface area contributed by atoms with Gasteiger partial charge in [-0.05, 0) is 36.8 Å². The smallest absolute Gasteiger partial charge is 0.345 e. The molecule has 132 valence electrons. The second-order valence-corrected chi connectivity index (χ2v) is 5.64. The van der Waals surface area contributed by atoms with Gasteiger partial charge in [0, 0.05) is 36.5 Å². The second-order valence-electron chi connectivity index (χ2n) is 5.21. The molecule has 0 heterocycles. The Balaban J connectivity index is 2.31. The number of carbonyl (C=O) groups is 1. The van der Waals surface area contributed by atoms with Gasteiger partial charge in [0.15, 0.2) is 0 Å². The molecule has 0 aliphatic rings. The van der Waals surface area contributed by atoms with Gasteiger partial charge in [0.05, 0.1) is 17.1 Å². The molecule has 0 saturated carbocycles. The summed E-state index contributed by atoms with van der Waals surface area (Å²) in [6, 6.07) is 8.81. The number of hydrogen-bond donors (Lipinski definition) is 1. The van der Waals surface area contributed by atoms with Gasteiger partial charge in [-0.2, -0.15) is 0 Å². The van der Waals surface area contributed by atoms with E-state index < -0.39 is 10.9 Å². The number of halogens is 1. The fourth-order valence-electron chi connectivity index (χ4n) is 2.14. The highest BCUT2D eigenvalue weighted by atomic mass is 35.5. The van der Waals surface area contributed by atoms with Crippen LogP contribution in [0.5, 0.6) is 5.75 Å². The van der Waals surface area contributed by atoms with E-state index in [9.17, 15) is 14.9 Å². The highest BCUT2D eigenvalue weighted by Gasteiger charge is 2.19. The van der Waals surface area contributed by atoms with Gasteiger partial charge in [0.25, 0.3) is 5.69 Å². The lowest BCUT2D eigenvalue weighted by Crippen LogP contribution is -2.15. The Morgan fingerprint density at radius 3 is 2.68 bits per heavy atom. The number of hydrogen-bond acceptors (Lipinski definition) is 6. The minimum absolute atomic E-state index is 0.0691. The number of carbonyl (C=O) groups excluding carboxylic acids is 1. The predicted octanol–water partition coefficient (Wildman–Crippen LogP) is 3.83. The molecular weight excluding hydrogens is 348 g/mol. The predicted molar refractivity (Wildman–Crippen MR) is 94.6 cm³/mol. The molecule has 2 aromatic carbocycles. The van der Waals surface area contributed by atoms with Crippen molar-refractivity contribution < 1.29 is 19.2 Å². The molecule has 0 bridgehead atoms. The van der Waals surface area contributed by atoms with Gasteiger partial charge >= 0.3 is 5.97 Å². The molecule has 0 saturated heterocycles. The van der Waals surface area contributed by atoms with Crippen molar-refractivity contribution in [2.24, 2.45) is 0 Å². The summed E-state index contributed by atoms with van der Waals surface area (Å²) in [6.45, 7) is 2.61. The highest BCUT2D eigenvalue weighted by molar-refractivity contribution is 6.30. The van der Waals surface area contributed by atoms with Crippen LogP contribution in [0.15, 0.2) is 36.4 Å². The summed E-state index contributed by atoms with van der Waals surface area (Å²) < 4.78 is 10.3. The molecule has 0 aliphatic heterocycles. The van der Waals surface area contributed by atoms with Gasteiger partial charge in [-0.1, -0.05) is 11.6 Å². The average Bonchev–Trinajstić information content (AvgIpc) is 2.57. The van der Waals surface area contributed by atoms with Gasteiger partial charge in [0.2, 0.25) is 0 Å². The lowest BCUT2D eigenvalue weighted by Gasteiger charge is -2.12. The van der Waals surface area contributed by atoms with Crippen molar-refractivity contribution in [3.05, 3.63) is 62.7 Å². The summed E-state index contributed by atoms with van der Waals surface area (Å²) >= 11 is 5.88. The van der Waals surface area contributed by atoms with Crippen molar-refractivity contribution in [2.75, 3.05) is 25.6 Å². The normalized spacial score (nSPS) is 10.4. The Labute approximate surface area is 149 Å². The molecule has 8 heteroatoms. The first-order valence-electron chi connectivity index (χ1n) is 7.42. The van der Waals surface area contributed by atoms with Gasteiger partial charge in [-0.15, -0.1) is 0 Å². The quantitative estimate of drug-likeness (QED) is 0.264. The number of anilines is 1. The molecule has 0 amide bonds. The fraction of sp³-hybridized carbons (Fsp3) is 0.235. The molecule has 1 N–H and O–H groups in total. The largest absolute Gasteiger partial charge is 0.423 e. The highest BCUT2D eigenvalue weighted by Crippen LogP contribution is 2.26. The Kier molecular flexibility index (Phi) is 6.32.